The molecule has 144 valence electrons. The molecule has 2 aromatic rings. The Bertz CT molecular complexity index is 906. The van der Waals surface area contributed by atoms with Crippen LogP contribution in [0.25, 0.3) is 0 Å². The molecule has 1 fully saturated rings. The van der Waals surface area contributed by atoms with E-state index in [1.807, 2.05) is 0 Å². The minimum atomic E-state index is -3.68. The van der Waals surface area contributed by atoms with Crippen molar-refractivity contribution < 1.29 is 8.42 Å². The number of nitrogens with one attached hydrogen (secondary N) is 1. The second kappa shape index (κ2) is 8.35. The van der Waals surface area contributed by atoms with Crippen LogP contribution in [-0.4, -0.2) is 49.5 Å². The number of hydrogen-bond donors (Lipinski definition) is 2. The van der Waals surface area contributed by atoms with Gasteiger partial charge in [0.05, 0.1) is 4.90 Å². The quantitative estimate of drug-likeness (QED) is 0.761. The molecule has 6 nitrogen and oxygen atoms in total. The Morgan fingerprint density at radius 1 is 1.07 bits per heavy atom. The van der Waals surface area contributed by atoms with E-state index in [-0.39, 0.29) is 4.90 Å². The van der Waals surface area contributed by atoms with Crippen LogP contribution in [0.2, 0.25) is 0 Å². The molecule has 1 aliphatic rings. The van der Waals surface area contributed by atoms with Crippen LogP contribution in [0, 0.1) is 6.92 Å². The second-order valence-electron chi connectivity index (χ2n) is 6.69. The number of nitrogens with zero attached hydrogens (tertiary/aromatic N) is 2. The molecule has 1 saturated heterocycles. The molecule has 0 unspecified atom stereocenters. The van der Waals surface area contributed by atoms with Crippen molar-refractivity contribution in [2.75, 3.05) is 31.5 Å². The highest BCUT2D eigenvalue weighted by Gasteiger charge is 2.19. The fraction of sp³-hybridized carbons (Fsp3) is 0.316. The average molecular weight is 405 g/mol. The summed E-state index contributed by atoms with van der Waals surface area (Å²) in [6, 6.07) is 14.8. The molecule has 0 atom stereocenters. The molecule has 0 spiro atoms. The SMILES string of the molecule is Cc1ccccc1CN1CCN(C(=S)Nc2ccc(S(N)(=O)=O)cc2)CC1. The molecule has 3 N–H and O–H groups in total. The van der Waals surface area contributed by atoms with Crippen molar-refractivity contribution in [3.63, 3.8) is 0 Å². The monoisotopic (exact) mass is 404 g/mol. The largest absolute Gasteiger partial charge is 0.346 e. The summed E-state index contributed by atoms with van der Waals surface area (Å²) in [5.74, 6) is 0. The lowest BCUT2D eigenvalue weighted by molar-refractivity contribution is 0.176. The zero-order chi connectivity index (χ0) is 19.4. The lowest BCUT2D eigenvalue weighted by Gasteiger charge is -2.36. The van der Waals surface area contributed by atoms with Gasteiger partial charge in [0.2, 0.25) is 10.0 Å². The molecule has 0 radical (unpaired) electrons. The van der Waals surface area contributed by atoms with Gasteiger partial charge in [0, 0.05) is 38.4 Å². The number of sulfonamides is 1. The topological polar surface area (TPSA) is 78.7 Å². The first-order valence-electron chi connectivity index (χ1n) is 8.78. The van der Waals surface area contributed by atoms with Crippen LogP contribution in [0.4, 0.5) is 5.69 Å². The third-order valence-corrected chi connectivity index (χ3v) is 6.04. The van der Waals surface area contributed by atoms with Gasteiger partial charge in [-0.15, -0.1) is 0 Å². The molecule has 0 amide bonds. The fourth-order valence-electron chi connectivity index (χ4n) is 3.07. The van der Waals surface area contributed by atoms with Crippen LogP contribution in [0.15, 0.2) is 53.4 Å². The van der Waals surface area contributed by atoms with E-state index in [9.17, 15) is 8.42 Å². The van der Waals surface area contributed by atoms with E-state index in [0.29, 0.717) is 5.11 Å². The Morgan fingerprint density at radius 3 is 2.30 bits per heavy atom. The summed E-state index contributed by atoms with van der Waals surface area (Å²) >= 11 is 5.50. The Kier molecular flexibility index (Phi) is 6.11. The third kappa shape index (κ3) is 5.26. The van der Waals surface area contributed by atoms with Crippen molar-refractivity contribution in [2.45, 2.75) is 18.4 Å². The number of hydrogen-bond acceptors (Lipinski definition) is 4. The third-order valence-electron chi connectivity index (χ3n) is 4.75. The van der Waals surface area contributed by atoms with Gasteiger partial charge in [-0.2, -0.15) is 0 Å². The first-order valence-corrected chi connectivity index (χ1v) is 10.7. The highest BCUT2D eigenvalue weighted by Crippen LogP contribution is 2.15. The van der Waals surface area contributed by atoms with Crippen LogP contribution in [0.5, 0.6) is 0 Å². The molecule has 0 saturated carbocycles. The molecule has 0 aromatic heterocycles. The summed E-state index contributed by atoms with van der Waals surface area (Å²) in [5, 5.41) is 8.93. The van der Waals surface area contributed by atoms with Crippen molar-refractivity contribution in [2.24, 2.45) is 5.14 Å². The summed E-state index contributed by atoms with van der Waals surface area (Å²) in [4.78, 5) is 4.66. The van der Waals surface area contributed by atoms with E-state index in [4.69, 9.17) is 17.4 Å². The van der Waals surface area contributed by atoms with Gasteiger partial charge in [-0.3, -0.25) is 4.90 Å². The van der Waals surface area contributed by atoms with Crippen molar-refractivity contribution in [1.82, 2.24) is 9.80 Å². The molecule has 27 heavy (non-hydrogen) atoms. The van der Waals surface area contributed by atoms with Crippen LogP contribution in [0.1, 0.15) is 11.1 Å². The molecule has 0 aliphatic carbocycles. The van der Waals surface area contributed by atoms with Crippen LogP contribution < -0.4 is 10.5 Å². The normalized spacial score (nSPS) is 15.6. The lowest BCUT2D eigenvalue weighted by Crippen LogP contribution is -2.49. The molecule has 8 heteroatoms. The number of aryl methyl sites for hydroxylation is 1. The molecule has 1 heterocycles. The van der Waals surface area contributed by atoms with Gasteiger partial charge in [0.15, 0.2) is 5.11 Å². The molecule has 0 bridgehead atoms. The van der Waals surface area contributed by atoms with Crippen molar-refractivity contribution in [3.05, 3.63) is 59.7 Å². The fourth-order valence-corrected chi connectivity index (χ4v) is 3.88. The molecule has 2 aromatic carbocycles. The van der Waals surface area contributed by atoms with Crippen molar-refractivity contribution >= 4 is 33.0 Å². The van der Waals surface area contributed by atoms with E-state index >= 15 is 0 Å². The van der Waals surface area contributed by atoms with Gasteiger partial charge in [-0.05, 0) is 54.5 Å². The van der Waals surface area contributed by atoms with Gasteiger partial charge < -0.3 is 10.2 Å². The van der Waals surface area contributed by atoms with Gasteiger partial charge >= 0.3 is 0 Å². The van der Waals surface area contributed by atoms with Crippen LogP contribution in [-0.2, 0) is 16.6 Å². The first kappa shape index (κ1) is 19.8. The number of rotatable bonds is 4. The zero-order valence-electron chi connectivity index (χ0n) is 15.3. The standard InChI is InChI=1S/C19H24N4O2S2/c1-15-4-2-3-5-16(15)14-22-10-12-23(13-11-22)19(26)21-17-6-8-18(9-7-17)27(20,24)25/h2-9H,10-14H2,1H3,(H,21,26)(H2,20,24,25). The maximum Gasteiger partial charge on any atom is 0.238 e. The van der Waals surface area contributed by atoms with E-state index in [1.54, 1.807) is 12.1 Å². The number of nitrogens with two attached hydrogens (primary N) is 1. The van der Waals surface area contributed by atoms with Crippen molar-refractivity contribution in [3.8, 4) is 0 Å². The second-order valence-corrected chi connectivity index (χ2v) is 8.64. The molecule has 3 rings (SSSR count). The highest BCUT2D eigenvalue weighted by molar-refractivity contribution is 7.89. The van der Waals surface area contributed by atoms with E-state index in [1.165, 1.54) is 23.3 Å². The zero-order valence-corrected chi connectivity index (χ0v) is 16.9. The van der Waals surface area contributed by atoms with Crippen LogP contribution >= 0.6 is 12.2 Å². The Balaban J connectivity index is 1.52. The smallest absolute Gasteiger partial charge is 0.238 e. The molecule has 1 aliphatic heterocycles. The van der Waals surface area contributed by atoms with Crippen LogP contribution in [0.3, 0.4) is 0 Å². The minimum Gasteiger partial charge on any atom is -0.346 e. The maximum absolute atomic E-state index is 11.3. The van der Waals surface area contributed by atoms with Gasteiger partial charge in [0.25, 0.3) is 0 Å². The minimum absolute atomic E-state index is 0.0868. The molecular weight excluding hydrogens is 380 g/mol. The predicted octanol–water partition coefficient (Wildman–Crippen LogP) is 2.16. The maximum atomic E-state index is 11.3. The number of anilines is 1. The highest BCUT2D eigenvalue weighted by atomic mass is 32.2. The Hall–Kier alpha value is -2.00. The number of thiocarbonyl (C=S) groups is 1. The van der Waals surface area contributed by atoms with E-state index < -0.39 is 10.0 Å². The summed E-state index contributed by atoms with van der Waals surface area (Å²) in [6.07, 6.45) is 0. The number of benzene rings is 2. The van der Waals surface area contributed by atoms with E-state index in [0.717, 1.165) is 38.4 Å². The molecular formula is C19H24N4O2S2. The Labute approximate surface area is 166 Å². The summed E-state index contributed by atoms with van der Waals surface area (Å²) < 4.78 is 22.6. The van der Waals surface area contributed by atoms with Gasteiger partial charge in [0.1, 0.15) is 0 Å². The summed E-state index contributed by atoms with van der Waals surface area (Å²) in [7, 11) is -3.68. The number of primary sulfonamides is 1. The Morgan fingerprint density at radius 2 is 1.70 bits per heavy atom. The summed E-state index contributed by atoms with van der Waals surface area (Å²) in [5.41, 5.74) is 3.43. The van der Waals surface area contributed by atoms with Gasteiger partial charge in [-0.1, -0.05) is 24.3 Å². The lowest BCUT2D eigenvalue weighted by atomic mass is 10.1. The van der Waals surface area contributed by atoms with E-state index in [2.05, 4.69) is 46.3 Å². The first-order chi connectivity index (χ1) is 12.8. The van der Waals surface area contributed by atoms with Crippen molar-refractivity contribution in [1.29, 1.82) is 0 Å². The van der Waals surface area contributed by atoms with Gasteiger partial charge in [-0.25, -0.2) is 13.6 Å². The summed E-state index contributed by atoms with van der Waals surface area (Å²) in [6.45, 7) is 6.70. The average Bonchev–Trinajstić information content (AvgIpc) is 2.64. The number of piperazine rings is 1. The predicted molar refractivity (Wildman–Crippen MR) is 112 cm³/mol.